The van der Waals surface area contributed by atoms with Crippen LogP contribution in [0.3, 0.4) is 0 Å². The highest BCUT2D eigenvalue weighted by atomic mass is 16.5. The first kappa shape index (κ1) is 51.2. The Morgan fingerprint density at radius 3 is 0.979 bits per heavy atom. The average molecular weight is 2010 g/mol. The molecule has 141 heavy (non-hydrogen) atoms. The fourth-order valence-corrected chi connectivity index (χ4v) is 18.7. The highest BCUT2D eigenvalue weighted by Gasteiger charge is 2.47. The Balaban J connectivity index is 0.000000199. The molecular weight excluding hydrogens is 1780 g/mol. The zero-order valence-corrected chi connectivity index (χ0v) is 81.3. The van der Waals surface area contributed by atoms with Crippen LogP contribution in [0.2, 0.25) is 0 Å². The van der Waals surface area contributed by atoms with E-state index in [1.54, 1.807) is 36.9 Å². The van der Waals surface area contributed by atoms with Crippen LogP contribution < -0.4 is 56.8 Å². The third kappa shape index (κ3) is 25.6. The molecule has 6 aromatic carbocycles. The van der Waals surface area contributed by atoms with E-state index in [2.05, 4.69) is 0 Å². The number of benzene rings is 6. The van der Waals surface area contributed by atoms with Gasteiger partial charge in [0.25, 0.3) is 0 Å². The van der Waals surface area contributed by atoms with Crippen LogP contribution in [0.1, 0.15) is 372 Å². The molecule has 12 heterocycles. The van der Waals surface area contributed by atoms with Gasteiger partial charge in [0.05, 0.1) is 112 Å². The Morgan fingerprint density at radius 1 is 0.326 bits per heavy atom. The maximum Gasteiger partial charge on any atom is 0.161 e. The van der Waals surface area contributed by atoms with Crippen LogP contribution in [0.5, 0.6) is 69.0 Å². The van der Waals surface area contributed by atoms with E-state index in [4.69, 9.17) is 146 Å². The van der Waals surface area contributed by atoms with Gasteiger partial charge in [0.1, 0.15) is 34.7 Å². The molecule has 6 saturated heterocycles. The lowest BCUT2D eigenvalue weighted by atomic mass is 9.79. The summed E-state index contributed by atoms with van der Waals surface area (Å²) in [6, 6.07) is 6.82. The fourth-order valence-electron chi connectivity index (χ4n) is 18.7. The summed E-state index contributed by atoms with van der Waals surface area (Å²) < 4.78 is 599. The molecule has 15 unspecified atom stereocenters. The lowest BCUT2D eigenvalue weighted by Gasteiger charge is -2.43. The molecular formula is C117H168N6O18. The molecule has 0 radical (unpaired) electrons. The van der Waals surface area contributed by atoms with Gasteiger partial charge in [-0.1, -0.05) is 102 Å². The topological polar surface area (TPSA) is 233 Å². The zero-order valence-electron chi connectivity index (χ0n) is 147. The number of hydrogen-bond donors (Lipinski definition) is 0. The maximum atomic E-state index is 13.8. The quantitative estimate of drug-likeness (QED) is 0.0466. The van der Waals surface area contributed by atoms with Crippen LogP contribution >= 0.6 is 0 Å². The lowest BCUT2D eigenvalue weighted by Crippen LogP contribution is -2.46. The number of ketones is 6. The molecule has 24 heteroatoms. The molecule has 12 aliphatic heterocycles. The van der Waals surface area contributed by atoms with E-state index in [9.17, 15) is 30.1 Å². The molecule has 0 aliphatic carbocycles. The van der Waals surface area contributed by atoms with Crippen molar-refractivity contribution in [1.29, 1.82) is 0 Å². The zero-order chi connectivity index (χ0) is 159. The van der Waals surface area contributed by atoms with E-state index >= 15 is 0 Å². The Kier molecular flexibility index (Phi) is 18.1. The third-order valence-corrected chi connectivity index (χ3v) is 25.7. The largest absolute Gasteiger partial charge is 0.493 e. The summed E-state index contributed by atoms with van der Waals surface area (Å²) >= 11 is 0. The SMILES string of the molecule is [2H]C([2H])([2H])Oc1cc2c(cc1OC)C([2H])([2H])C([2H])([2H])N1CC(C([2H])([2H])C([2H])(C([2H])([2H])[2H])C([2H])([2H])C)C(=O)CC21[2H].[2H]C([2H])([2H])Oc1cc2c(cc1OC)C([2H])([2H])C([2H])([2H])N1CC(CC(C)C)C(=O)CC21[2H].[2H]C([2H])([2H])Oc1cc2c(cc1OC)CCN1C2C([2H])([2H])C(=O)C([2H])(C([2H])([2H])C([2H])(C([2H])([2H])[2H])C([2H])([2H])C)C1([2H])[2H].[2H]C([2H])([2H])Oc1cc2c(cc1OC)CCN1C2C([2H])([2H])C(=O)C([2H])(CC(C)C)C1([2H])[2H].[2H]C([2H])([2H])Oc1cc2c(cc1OC)CCN1C2CC(=O)C(C([2H])([2H])C([2H])(C([2H])([2H])[2H])C([2H])([2H])C)C1([2H])[2H].[2H]C([2H])([2H])Oc1cc2c(cc1OC)CCN1C2CC(=O)C(CC(C)C)C1([2H])[2H]. The van der Waals surface area contributed by atoms with E-state index in [0.29, 0.717) is 83.9 Å². The van der Waals surface area contributed by atoms with Gasteiger partial charge in [-0.05, 0) is 252 Å². The van der Waals surface area contributed by atoms with Crippen LogP contribution in [0.4, 0.5) is 0 Å². The van der Waals surface area contributed by atoms with Crippen molar-refractivity contribution in [2.24, 2.45) is 70.9 Å². The number of aryl methyl sites for hydroxylation is 2. The van der Waals surface area contributed by atoms with Crippen molar-refractivity contribution < 1.29 is 176 Å². The maximum absolute atomic E-state index is 13.8. The monoisotopic (exact) mass is 2010 g/mol. The molecule has 774 valence electrons. The number of ether oxygens (including phenoxy) is 12. The number of carbonyl (C=O) groups excluding carboxylic acids is 6. The Labute approximate surface area is 935 Å². The van der Waals surface area contributed by atoms with Gasteiger partial charge in [0.15, 0.2) is 69.0 Å². The summed E-state index contributed by atoms with van der Waals surface area (Å²) in [5, 5.41) is 0. The first-order valence-corrected chi connectivity index (χ1v) is 46.1. The second kappa shape index (κ2) is 50.0. The molecule has 0 N–H and O–H groups in total. The molecule has 0 saturated carbocycles. The summed E-state index contributed by atoms with van der Waals surface area (Å²) in [6.07, 6.45) is -31.4. The number of methoxy groups -OCH3 is 12. The lowest BCUT2D eigenvalue weighted by molar-refractivity contribution is -0.130. The van der Waals surface area contributed by atoms with Gasteiger partial charge in [0, 0.05) is 251 Å². The van der Waals surface area contributed by atoms with Crippen molar-refractivity contribution in [3.05, 3.63) is 140 Å². The van der Waals surface area contributed by atoms with Crippen LogP contribution in [-0.4, -0.2) is 227 Å². The molecule has 15 atom stereocenters. The summed E-state index contributed by atoms with van der Waals surface area (Å²) in [5.41, 5.74) is 2.83. The predicted molar refractivity (Wildman–Crippen MR) is 555 cm³/mol. The number of carbonyl (C=O) groups is 6. The average Bonchev–Trinajstić information content (AvgIpc) is 0.657. The highest BCUT2D eigenvalue weighted by Crippen LogP contribution is 2.51. The summed E-state index contributed by atoms with van der Waals surface area (Å²) in [4.78, 5) is 86.2. The van der Waals surface area contributed by atoms with E-state index in [0.717, 1.165) is 48.3 Å². The Hall–Kier alpha value is -9.30. The normalized spacial score (nSPS) is 39.3. The standard InChI is InChI=1S/3C20H29NO3.3C19H27NO3/c3*1-5-13(2)8-15-12-21-7-6-14-9-19(23-3)20(24-4)10-16(14)17(21)11-18(15)22;3*1-12(2)7-14-11-20-6-5-13-8-18(22-3)19(23-4)9-15(13)16(20)10-17(14)21/h3*9-10,13,15,17H,5-8,11-12H2,1-4H3;3*8-9,12,14,16H,5-7,10-11H2,1-4H3/i2D3,4D3,5D2,8D2,11D2,12D2,13D,15D;2D3,4D3,5D2,6D2,7D2,8D2,13D,17D;2D3,4D3,5D2,8D2,12D2,13D;4D3,10D2,11D2,14D;4D3,5D2,6D2,16D;4D3,11D2. The smallest absolute Gasteiger partial charge is 0.161 e. The van der Waals surface area contributed by atoms with Gasteiger partial charge < -0.3 is 56.8 Å². The van der Waals surface area contributed by atoms with Gasteiger partial charge in [0.2, 0.25) is 0 Å². The molecule has 6 aromatic rings. The van der Waals surface area contributed by atoms with Crippen LogP contribution in [-0.2, 0) is 67.2 Å². The van der Waals surface area contributed by atoms with E-state index in [-0.39, 0.29) is 166 Å². The van der Waals surface area contributed by atoms with Crippen molar-refractivity contribution in [3.8, 4) is 69.0 Å². The van der Waals surface area contributed by atoms with Crippen molar-refractivity contribution >= 4 is 34.7 Å². The summed E-state index contributed by atoms with van der Waals surface area (Å²) in [7, 11) is -9.28. The van der Waals surface area contributed by atoms with E-state index in [1.807, 2.05) is 27.7 Å². The Morgan fingerprint density at radius 2 is 0.617 bits per heavy atom. The molecule has 0 bridgehead atoms. The van der Waals surface area contributed by atoms with Crippen LogP contribution in [0.15, 0.2) is 72.8 Å². The summed E-state index contributed by atoms with van der Waals surface area (Å²) in [6.45, 7) is -14.8. The first-order chi connectivity index (χ1) is 92.8. The van der Waals surface area contributed by atoms with Gasteiger partial charge >= 0.3 is 0 Å². The predicted octanol–water partition coefficient (Wildman–Crippen LogP) is 20.6. The van der Waals surface area contributed by atoms with Crippen molar-refractivity contribution in [2.45, 2.75) is 253 Å². The minimum atomic E-state index is -4.13. The molecule has 12 aliphatic rings. The minimum Gasteiger partial charge on any atom is -0.493 e. The van der Waals surface area contributed by atoms with E-state index in [1.165, 1.54) is 81.7 Å². The third-order valence-electron chi connectivity index (χ3n) is 25.7. The van der Waals surface area contributed by atoms with Gasteiger partial charge in [-0.15, -0.1) is 0 Å². The highest BCUT2D eigenvalue weighted by molar-refractivity contribution is 5.86. The van der Waals surface area contributed by atoms with Crippen molar-refractivity contribution in [3.63, 3.8) is 0 Å². The molecule has 18 rings (SSSR count). The number of piperidine rings is 6. The second-order valence-corrected chi connectivity index (χ2v) is 36.0. The first-order valence-electron chi connectivity index (χ1n) is 79.1. The molecule has 0 amide bonds. The molecule has 6 fully saturated rings. The second-order valence-electron chi connectivity index (χ2n) is 36.0. The van der Waals surface area contributed by atoms with Gasteiger partial charge in [-0.3, -0.25) is 58.2 Å². The number of rotatable bonds is 27. The number of Topliss-reactive ketones (excluding diaryl/α,β-unsaturated/α-hetero) is 6. The van der Waals surface area contributed by atoms with E-state index < -0.39 is 315 Å². The molecule has 24 nitrogen and oxygen atoms in total. The van der Waals surface area contributed by atoms with Crippen LogP contribution in [0.25, 0.3) is 0 Å². The van der Waals surface area contributed by atoms with Gasteiger partial charge in [-0.2, -0.15) is 0 Å². The summed E-state index contributed by atoms with van der Waals surface area (Å²) in [5.74, 6) is -29.2. The molecule has 0 aromatic heterocycles. The van der Waals surface area contributed by atoms with Crippen molar-refractivity contribution in [1.82, 2.24) is 29.4 Å². The van der Waals surface area contributed by atoms with Crippen molar-refractivity contribution in [2.75, 3.05) is 163 Å². The van der Waals surface area contributed by atoms with Crippen LogP contribution in [0, 0.1) is 70.9 Å². The minimum absolute atomic E-state index is 0.00372. The number of nitrogens with zero attached hydrogens (tertiary/aromatic N) is 6. The number of fused-ring (bicyclic) bond motifs is 18. The number of hydrogen-bond acceptors (Lipinski definition) is 24. The fraction of sp³-hybridized carbons (Fsp3) is 0.641. The van der Waals surface area contributed by atoms with Gasteiger partial charge in [-0.25, -0.2) is 0 Å². The Bertz CT molecular complexity index is 8370. The molecule has 0 spiro atoms.